The fourth-order valence-electron chi connectivity index (χ4n) is 2.51. The Morgan fingerprint density at radius 1 is 1.09 bits per heavy atom. The van der Waals surface area contributed by atoms with E-state index in [-0.39, 0.29) is 6.61 Å². The molecule has 3 aromatic rings. The summed E-state index contributed by atoms with van der Waals surface area (Å²) >= 11 is 0. The third-order valence-electron chi connectivity index (χ3n) is 3.61. The molecule has 0 saturated carbocycles. The lowest BCUT2D eigenvalue weighted by Gasteiger charge is -2.07. The number of esters is 1. The summed E-state index contributed by atoms with van der Waals surface area (Å²) in [5, 5.41) is 0.753. The van der Waals surface area contributed by atoms with E-state index in [0.717, 1.165) is 10.9 Å². The molecule has 2 heterocycles. The maximum absolute atomic E-state index is 12.1. The third kappa shape index (κ3) is 3.04. The molecule has 0 radical (unpaired) electrons. The second-order valence-corrected chi connectivity index (χ2v) is 5.49. The summed E-state index contributed by atoms with van der Waals surface area (Å²) in [6.07, 6.45) is 0. The van der Waals surface area contributed by atoms with Crippen molar-refractivity contribution in [2.75, 3.05) is 0 Å². The molecule has 0 aliphatic heterocycles. The lowest BCUT2D eigenvalue weighted by molar-refractivity contribution is 0.0472. The Morgan fingerprint density at radius 3 is 2.57 bits per heavy atom. The van der Waals surface area contributed by atoms with Crippen molar-refractivity contribution in [1.82, 2.24) is 0 Å². The quantitative estimate of drug-likeness (QED) is 0.545. The summed E-state index contributed by atoms with van der Waals surface area (Å²) < 4.78 is 15.8. The number of carbonyl (C=O) groups excluding carboxylic acids is 1. The number of rotatable bonds is 3. The standard InChI is InChI=1S/C18H16O5/c1-10-4-5-14-13(8-17(19)23-16(14)6-10)9-21-18(20)15-7-11(2)22-12(15)3/h4-8H,9H2,1-3H3. The van der Waals surface area contributed by atoms with Crippen LogP contribution in [0, 0.1) is 20.8 Å². The first kappa shape index (κ1) is 15.1. The van der Waals surface area contributed by atoms with Crippen molar-refractivity contribution in [3.05, 3.63) is 69.0 Å². The molecule has 0 amide bonds. The molecule has 118 valence electrons. The summed E-state index contributed by atoms with van der Waals surface area (Å²) in [5.74, 6) is 0.684. The SMILES string of the molecule is Cc1ccc2c(COC(=O)c3cc(C)oc3C)cc(=O)oc2c1. The van der Waals surface area contributed by atoms with Crippen LogP contribution in [-0.2, 0) is 11.3 Å². The van der Waals surface area contributed by atoms with Crippen molar-refractivity contribution in [3.8, 4) is 0 Å². The van der Waals surface area contributed by atoms with E-state index in [1.165, 1.54) is 6.07 Å². The second kappa shape index (κ2) is 5.76. The first-order chi connectivity index (χ1) is 10.9. The Kier molecular flexibility index (Phi) is 3.78. The highest BCUT2D eigenvalue weighted by molar-refractivity contribution is 5.90. The third-order valence-corrected chi connectivity index (χ3v) is 3.61. The molecule has 23 heavy (non-hydrogen) atoms. The normalized spacial score (nSPS) is 10.9. The highest BCUT2D eigenvalue weighted by atomic mass is 16.5. The molecular weight excluding hydrogens is 296 g/mol. The summed E-state index contributed by atoms with van der Waals surface area (Å²) in [6.45, 7) is 5.38. The number of aryl methyl sites for hydroxylation is 3. The molecule has 0 bridgehead atoms. The van der Waals surface area contributed by atoms with Crippen LogP contribution in [0.15, 0.2) is 44.0 Å². The van der Waals surface area contributed by atoms with Crippen LogP contribution >= 0.6 is 0 Å². The van der Waals surface area contributed by atoms with Crippen molar-refractivity contribution in [2.45, 2.75) is 27.4 Å². The minimum atomic E-state index is -0.479. The average Bonchev–Trinajstić information content (AvgIpc) is 2.82. The molecule has 5 heteroatoms. The molecule has 5 nitrogen and oxygen atoms in total. The van der Waals surface area contributed by atoms with Gasteiger partial charge in [-0.25, -0.2) is 9.59 Å². The van der Waals surface area contributed by atoms with E-state index < -0.39 is 11.6 Å². The van der Waals surface area contributed by atoms with E-state index in [4.69, 9.17) is 13.6 Å². The Labute approximate surface area is 132 Å². The van der Waals surface area contributed by atoms with E-state index in [1.807, 2.05) is 19.1 Å². The molecule has 3 rings (SSSR count). The van der Waals surface area contributed by atoms with E-state index >= 15 is 0 Å². The largest absolute Gasteiger partial charge is 0.466 e. The second-order valence-electron chi connectivity index (χ2n) is 5.49. The predicted octanol–water partition coefficient (Wildman–Crippen LogP) is 3.67. The first-order valence-corrected chi connectivity index (χ1v) is 7.21. The zero-order valence-corrected chi connectivity index (χ0v) is 13.1. The van der Waals surface area contributed by atoms with Gasteiger partial charge in [-0.1, -0.05) is 12.1 Å². The number of furan rings is 1. The zero-order valence-electron chi connectivity index (χ0n) is 13.1. The number of carbonyl (C=O) groups is 1. The van der Waals surface area contributed by atoms with Gasteiger partial charge in [0.1, 0.15) is 29.3 Å². The molecule has 0 atom stereocenters. The number of fused-ring (bicyclic) bond motifs is 1. The lowest BCUT2D eigenvalue weighted by Crippen LogP contribution is -2.08. The van der Waals surface area contributed by atoms with Crippen molar-refractivity contribution in [1.29, 1.82) is 0 Å². The van der Waals surface area contributed by atoms with Gasteiger partial charge in [-0.15, -0.1) is 0 Å². The highest BCUT2D eigenvalue weighted by Crippen LogP contribution is 2.20. The lowest BCUT2D eigenvalue weighted by atomic mass is 10.1. The predicted molar refractivity (Wildman–Crippen MR) is 84.5 cm³/mol. The average molecular weight is 312 g/mol. The van der Waals surface area contributed by atoms with Gasteiger partial charge in [-0.3, -0.25) is 0 Å². The van der Waals surface area contributed by atoms with Gasteiger partial charge in [-0.2, -0.15) is 0 Å². The minimum absolute atomic E-state index is 0.00629. The molecule has 0 N–H and O–H groups in total. The Bertz CT molecular complexity index is 946. The molecule has 0 fully saturated rings. The van der Waals surface area contributed by atoms with Gasteiger partial charge in [0, 0.05) is 17.0 Å². The Balaban J connectivity index is 1.88. The molecular formula is C18H16O5. The number of hydrogen-bond acceptors (Lipinski definition) is 5. The molecule has 0 aliphatic rings. The van der Waals surface area contributed by atoms with E-state index in [9.17, 15) is 9.59 Å². The highest BCUT2D eigenvalue weighted by Gasteiger charge is 2.16. The fourth-order valence-corrected chi connectivity index (χ4v) is 2.51. The van der Waals surface area contributed by atoms with E-state index in [1.54, 1.807) is 26.0 Å². The smallest absolute Gasteiger partial charge is 0.342 e. The van der Waals surface area contributed by atoms with Gasteiger partial charge < -0.3 is 13.6 Å². The van der Waals surface area contributed by atoms with Crippen LogP contribution in [-0.4, -0.2) is 5.97 Å². The maximum Gasteiger partial charge on any atom is 0.342 e. The summed E-state index contributed by atoms with van der Waals surface area (Å²) in [5.41, 5.74) is 2.01. The van der Waals surface area contributed by atoms with E-state index in [2.05, 4.69) is 0 Å². The molecule has 0 spiro atoms. The molecule has 0 unspecified atom stereocenters. The Morgan fingerprint density at radius 2 is 1.87 bits per heavy atom. The van der Waals surface area contributed by atoms with Gasteiger partial charge in [0.05, 0.1) is 0 Å². The van der Waals surface area contributed by atoms with Crippen LogP contribution in [0.25, 0.3) is 11.0 Å². The fraction of sp³-hybridized carbons (Fsp3) is 0.222. The molecule has 1 aromatic carbocycles. The zero-order chi connectivity index (χ0) is 16.6. The topological polar surface area (TPSA) is 69.7 Å². The first-order valence-electron chi connectivity index (χ1n) is 7.21. The summed E-state index contributed by atoms with van der Waals surface area (Å²) in [6, 6.07) is 8.53. The van der Waals surface area contributed by atoms with Crippen LogP contribution in [0.3, 0.4) is 0 Å². The van der Waals surface area contributed by atoms with Crippen molar-refractivity contribution in [2.24, 2.45) is 0 Å². The van der Waals surface area contributed by atoms with Gasteiger partial charge in [0.2, 0.25) is 0 Å². The van der Waals surface area contributed by atoms with Gasteiger partial charge in [0.15, 0.2) is 0 Å². The minimum Gasteiger partial charge on any atom is -0.466 e. The number of hydrogen-bond donors (Lipinski definition) is 0. The maximum atomic E-state index is 12.1. The molecule has 2 aromatic heterocycles. The number of ether oxygens (including phenoxy) is 1. The Hall–Kier alpha value is -2.82. The van der Waals surface area contributed by atoms with Crippen LogP contribution < -0.4 is 5.63 Å². The monoisotopic (exact) mass is 312 g/mol. The van der Waals surface area contributed by atoms with Gasteiger partial charge in [0.25, 0.3) is 0 Å². The van der Waals surface area contributed by atoms with E-state index in [0.29, 0.717) is 28.2 Å². The molecule has 0 aliphatic carbocycles. The van der Waals surface area contributed by atoms with Crippen LogP contribution in [0.2, 0.25) is 0 Å². The van der Waals surface area contributed by atoms with Crippen LogP contribution in [0.4, 0.5) is 0 Å². The van der Waals surface area contributed by atoms with Crippen molar-refractivity contribution < 1.29 is 18.4 Å². The number of benzene rings is 1. The summed E-state index contributed by atoms with van der Waals surface area (Å²) in [4.78, 5) is 23.8. The van der Waals surface area contributed by atoms with Crippen LogP contribution in [0.1, 0.15) is 33.0 Å². The van der Waals surface area contributed by atoms with Gasteiger partial charge in [-0.05, 0) is 38.5 Å². The molecule has 0 saturated heterocycles. The van der Waals surface area contributed by atoms with Gasteiger partial charge >= 0.3 is 11.6 Å². The van der Waals surface area contributed by atoms with Crippen molar-refractivity contribution in [3.63, 3.8) is 0 Å². The van der Waals surface area contributed by atoms with Crippen molar-refractivity contribution >= 4 is 16.9 Å². The summed E-state index contributed by atoms with van der Waals surface area (Å²) in [7, 11) is 0. The van der Waals surface area contributed by atoms with Crippen LogP contribution in [0.5, 0.6) is 0 Å².